The zero-order chi connectivity index (χ0) is 15.5. The first-order valence-corrected chi connectivity index (χ1v) is 8.46. The van der Waals surface area contributed by atoms with Crippen molar-refractivity contribution in [3.05, 3.63) is 35.9 Å². The van der Waals surface area contributed by atoms with Gasteiger partial charge in [-0.1, -0.05) is 30.3 Å². The van der Waals surface area contributed by atoms with Gasteiger partial charge in [-0.25, -0.2) is 0 Å². The third-order valence-corrected chi connectivity index (χ3v) is 4.77. The van der Waals surface area contributed by atoms with Crippen LogP contribution in [0.3, 0.4) is 0 Å². The molecule has 2 atom stereocenters. The zero-order valence-corrected chi connectivity index (χ0v) is 13.4. The fraction of sp³-hybridized carbons (Fsp3) is 0.611. The fourth-order valence-corrected chi connectivity index (χ4v) is 3.40. The summed E-state index contributed by atoms with van der Waals surface area (Å²) in [5, 5.41) is 0. The molecule has 4 nitrogen and oxygen atoms in total. The highest BCUT2D eigenvalue weighted by Gasteiger charge is 2.34. The summed E-state index contributed by atoms with van der Waals surface area (Å²) in [7, 11) is 0. The van der Waals surface area contributed by atoms with Crippen LogP contribution in [-0.4, -0.2) is 47.4 Å². The van der Waals surface area contributed by atoms with Crippen molar-refractivity contribution in [2.45, 2.75) is 44.8 Å². The zero-order valence-electron chi connectivity index (χ0n) is 13.4. The van der Waals surface area contributed by atoms with Crippen LogP contribution in [0.2, 0.25) is 0 Å². The maximum absolute atomic E-state index is 12.0. The number of benzene rings is 1. The number of nitrogens with two attached hydrogens (primary N) is 1. The SMILES string of the molecule is C[C@H](N)C(=O)N1CCC(CN(Cc2ccccc2)C2CC2)C1. The van der Waals surface area contributed by atoms with Crippen LogP contribution >= 0.6 is 0 Å². The molecule has 1 saturated carbocycles. The molecular weight excluding hydrogens is 274 g/mol. The quantitative estimate of drug-likeness (QED) is 0.872. The van der Waals surface area contributed by atoms with Gasteiger partial charge in [0.05, 0.1) is 6.04 Å². The van der Waals surface area contributed by atoms with Gasteiger partial charge in [-0.2, -0.15) is 0 Å². The van der Waals surface area contributed by atoms with E-state index in [1.54, 1.807) is 6.92 Å². The van der Waals surface area contributed by atoms with Gasteiger partial charge in [0, 0.05) is 32.2 Å². The number of nitrogens with zero attached hydrogens (tertiary/aromatic N) is 2. The van der Waals surface area contributed by atoms with Crippen LogP contribution in [0.4, 0.5) is 0 Å². The largest absolute Gasteiger partial charge is 0.341 e. The Hall–Kier alpha value is -1.39. The van der Waals surface area contributed by atoms with Crippen LogP contribution in [0.5, 0.6) is 0 Å². The van der Waals surface area contributed by atoms with E-state index >= 15 is 0 Å². The van der Waals surface area contributed by atoms with E-state index in [4.69, 9.17) is 5.73 Å². The second kappa shape index (κ2) is 6.80. The van der Waals surface area contributed by atoms with E-state index in [0.717, 1.165) is 38.6 Å². The van der Waals surface area contributed by atoms with Crippen molar-refractivity contribution >= 4 is 5.91 Å². The van der Waals surface area contributed by atoms with Gasteiger partial charge in [-0.15, -0.1) is 0 Å². The van der Waals surface area contributed by atoms with Gasteiger partial charge >= 0.3 is 0 Å². The molecule has 1 heterocycles. The van der Waals surface area contributed by atoms with Crippen LogP contribution in [0.25, 0.3) is 0 Å². The van der Waals surface area contributed by atoms with E-state index in [2.05, 4.69) is 35.2 Å². The minimum atomic E-state index is -0.373. The third kappa shape index (κ3) is 3.87. The molecule has 1 saturated heterocycles. The van der Waals surface area contributed by atoms with Crippen molar-refractivity contribution < 1.29 is 4.79 Å². The molecule has 1 amide bonds. The highest BCUT2D eigenvalue weighted by Crippen LogP contribution is 2.30. The summed E-state index contributed by atoms with van der Waals surface area (Å²) in [4.78, 5) is 16.6. The highest BCUT2D eigenvalue weighted by atomic mass is 16.2. The van der Waals surface area contributed by atoms with Crippen LogP contribution in [0.15, 0.2) is 30.3 Å². The van der Waals surface area contributed by atoms with Gasteiger partial charge < -0.3 is 10.6 Å². The smallest absolute Gasteiger partial charge is 0.239 e. The molecular formula is C18H27N3O. The molecule has 2 N–H and O–H groups in total. The minimum absolute atomic E-state index is 0.100. The van der Waals surface area contributed by atoms with Crippen LogP contribution in [0, 0.1) is 5.92 Å². The molecule has 1 aliphatic carbocycles. The van der Waals surface area contributed by atoms with Crippen molar-refractivity contribution in [1.82, 2.24) is 9.80 Å². The first kappa shape index (κ1) is 15.5. The second-order valence-corrected chi connectivity index (χ2v) is 6.87. The molecule has 22 heavy (non-hydrogen) atoms. The fourth-order valence-electron chi connectivity index (χ4n) is 3.40. The highest BCUT2D eigenvalue weighted by molar-refractivity contribution is 5.81. The van der Waals surface area contributed by atoms with Gasteiger partial charge in [0.1, 0.15) is 0 Å². The molecule has 4 heteroatoms. The molecule has 3 rings (SSSR count). The average Bonchev–Trinajstić information content (AvgIpc) is 3.27. The number of likely N-dealkylation sites (tertiary alicyclic amines) is 1. The summed E-state index contributed by atoms with van der Waals surface area (Å²) in [5.41, 5.74) is 7.11. The molecule has 1 aromatic rings. The number of carbonyl (C=O) groups excluding carboxylic acids is 1. The number of carbonyl (C=O) groups is 1. The van der Waals surface area contributed by atoms with E-state index < -0.39 is 0 Å². The topological polar surface area (TPSA) is 49.6 Å². The number of hydrogen-bond acceptors (Lipinski definition) is 3. The van der Waals surface area contributed by atoms with Crippen molar-refractivity contribution in [2.24, 2.45) is 11.7 Å². The number of amides is 1. The van der Waals surface area contributed by atoms with Gasteiger partial charge in [-0.05, 0) is 37.7 Å². The van der Waals surface area contributed by atoms with E-state index in [9.17, 15) is 4.79 Å². The molecule has 0 radical (unpaired) electrons. The lowest BCUT2D eigenvalue weighted by molar-refractivity contribution is -0.131. The molecule has 1 aromatic carbocycles. The molecule has 2 fully saturated rings. The Kier molecular flexibility index (Phi) is 4.79. The van der Waals surface area contributed by atoms with E-state index in [-0.39, 0.29) is 11.9 Å². The van der Waals surface area contributed by atoms with Crippen molar-refractivity contribution in [3.8, 4) is 0 Å². The Balaban J connectivity index is 1.55. The lowest BCUT2D eigenvalue weighted by Gasteiger charge is -2.26. The van der Waals surface area contributed by atoms with Crippen molar-refractivity contribution in [1.29, 1.82) is 0 Å². The summed E-state index contributed by atoms with van der Waals surface area (Å²) in [5.74, 6) is 0.690. The lowest BCUT2D eigenvalue weighted by atomic mass is 10.1. The van der Waals surface area contributed by atoms with Crippen molar-refractivity contribution in [3.63, 3.8) is 0 Å². The molecule has 1 aliphatic heterocycles. The molecule has 1 unspecified atom stereocenters. The molecule has 0 aromatic heterocycles. The van der Waals surface area contributed by atoms with Crippen molar-refractivity contribution in [2.75, 3.05) is 19.6 Å². The van der Waals surface area contributed by atoms with E-state index in [1.165, 1.54) is 18.4 Å². The molecule has 0 spiro atoms. The summed E-state index contributed by atoms with van der Waals surface area (Å²) in [6.45, 7) is 5.65. The summed E-state index contributed by atoms with van der Waals surface area (Å²) in [6.07, 6.45) is 3.75. The third-order valence-electron chi connectivity index (χ3n) is 4.77. The van der Waals surface area contributed by atoms with Gasteiger partial charge in [0.15, 0.2) is 0 Å². The van der Waals surface area contributed by atoms with Crippen LogP contribution in [-0.2, 0) is 11.3 Å². The maximum Gasteiger partial charge on any atom is 0.239 e. The average molecular weight is 301 g/mol. The predicted octanol–water partition coefficient (Wildman–Crippen LogP) is 1.85. The summed E-state index contributed by atoms with van der Waals surface area (Å²) in [6, 6.07) is 11.1. The Labute approximate surface area is 133 Å². The lowest BCUT2D eigenvalue weighted by Crippen LogP contribution is -2.41. The Morgan fingerprint density at radius 2 is 2.05 bits per heavy atom. The van der Waals surface area contributed by atoms with Crippen LogP contribution in [0.1, 0.15) is 31.7 Å². The van der Waals surface area contributed by atoms with Crippen LogP contribution < -0.4 is 5.73 Å². The Morgan fingerprint density at radius 3 is 2.68 bits per heavy atom. The monoisotopic (exact) mass is 301 g/mol. The number of hydrogen-bond donors (Lipinski definition) is 1. The van der Waals surface area contributed by atoms with E-state index in [0.29, 0.717) is 5.92 Å². The second-order valence-electron chi connectivity index (χ2n) is 6.87. The molecule has 2 aliphatic rings. The maximum atomic E-state index is 12.0. The van der Waals surface area contributed by atoms with Gasteiger partial charge in [0.2, 0.25) is 5.91 Å². The Morgan fingerprint density at radius 1 is 1.32 bits per heavy atom. The summed E-state index contributed by atoms with van der Waals surface area (Å²) < 4.78 is 0. The molecule has 120 valence electrons. The van der Waals surface area contributed by atoms with Gasteiger partial charge in [-0.3, -0.25) is 9.69 Å². The Bertz CT molecular complexity index is 498. The minimum Gasteiger partial charge on any atom is -0.341 e. The van der Waals surface area contributed by atoms with E-state index in [1.807, 2.05) is 4.90 Å². The van der Waals surface area contributed by atoms with Gasteiger partial charge in [0.25, 0.3) is 0 Å². The normalized spacial score (nSPS) is 23.0. The molecule has 0 bridgehead atoms. The first-order chi connectivity index (χ1) is 10.6. The predicted molar refractivity (Wildman–Crippen MR) is 88.2 cm³/mol. The standard InChI is InChI=1S/C18H27N3O/c1-14(19)18(22)20-10-9-16(12-20)13-21(17-7-8-17)11-15-5-3-2-4-6-15/h2-6,14,16-17H,7-13,19H2,1H3/t14-,16?/m0/s1. The number of rotatable bonds is 6. The first-order valence-electron chi connectivity index (χ1n) is 8.46. The summed E-state index contributed by atoms with van der Waals surface area (Å²) >= 11 is 0.